The lowest BCUT2D eigenvalue weighted by molar-refractivity contribution is -0.0545. The standard InChI is InChI=1S/C28H34N6O4S/c1-5-38-25-22-20(11-13-29-25)39-26(32-22)21-17(4)31-27(30-16(3)18-8-6-15(2)7-9-18)33-24(21)34-28(37)12-10-19(14-35)23(28)36/h6-9,11,13,16,19,23,35-37H,5,10,12,14H2,1-4H3,(H2,30,31,33,34). The lowest BCUT2D eigenvalue weighted by Gasteiger charge is -2.31. The molecule has 1 aliphatic carbocycles. The summed E-state index contributed by atoms with van der Waals surface area (Å²) in [6, 6.07) is 10.0. The first-order chi connectivity index (χ1) is 18.7. The summed E-state index contributed by atoms with van der Waals surface area (Å²) >= 11 is 1.44. The molecule has 1 saturated carbocycles. The van der Waals surface area contributed by atoms with Gasteiger partial charge in [0.05, 0.1) is 28.6 Å². The number of hydrogen-bond acceptors (Lipinski definition) is 11. The number of aliphatic hydroxyl groups excluding tert-OH is 2. The number of aliphatic hydroxyl groups is 3. The van der Waals surface area contributed by atoms with E-state index in [9.17, 15) is 15.3 Å². The van der Waals surface area contributed by atoms with Gasteiger partial charge in [0.15, 0.2) is 5.72 Å². The molecule has 3 aromatic heterocycles. The van der Waals surface area contributed by atoms with Crippen molar-refractivity contribution < 1.29 is 20.1 Å². The Morgan fingerprint density at radius 2 is 1.92 bits per heavy atom. The van der Waals surface area contributed by atoms with Crippen molar-refractivity contribution in [3.05, 3.63) is 53.3 Å². The normalized spacial score (nSPS) is 21.7. The van der Waals surface area contributed by atoms with E-state index < -0.39 is 17.7 Å². The van der Waals surface area contributed by atoms with Crippen LogP contribution in [0.5, 0.6) is 5.88 Å². The van der Waals surface area contributed by atoms with Crippen LogP contribution in [-0.4, -0.2) is 60.3 Å². The predicted octanol–water partition coefficient (Wildman–Crippen LogP) is 4.20. The van der Waals surface area contributed by atoms with Crippen LogP contribution in [0.2, 0.25) is 0 Å². The smallest absolute Gasteiger partial charge is 0.241 e. The van der Waals surface area contributed by atoms with Crippen molar-refractivity contribution >= 4 is 33.3 Å². The van der Waals surface area contributed by atoms with Gasteiger partial charge in [-0.25, -0.2) is 15.0 Å². The van der Waals surface area contributed by atoms with Crippen LogP contribution < -0.4 is 15.4 Å². The van der Waals surface area contributed by atoms with E-state index in [1.807, 2.05) is 33.8 Å². The molecule has 0 aliphatic heterocycles. The highest BCUT2D eigenvalue weighted by Crippen LogP contribution is 2.41. The maximum atomic E-state index is 11.4. The van der Waals surface area contributed by atoms with Gasteiger partial charge in [0.25, 0.3) is 0 Å². The molecule has 1 aromatic carbocycles. The average molecular weight is 551 g/mol. The number of thiazole rings is 1. The molecule has 3 heterocycles. The number of aryl methyl sites for hydroxylation is 2. The van der Waals surface area contributed by atoms with Crippen molar-refractivity contribution in [2.75, 3.05) is 23.8 Å². The summed E-state index contributed by atoms with van der Waals surface area (Å²) in [5, 5.41) is 39.0. The SMILES string of the molecule is CCOc1nccc2sc(-c3c(C)nc(NC(C)c4ccc(C)cc4)nc3NC3(O)CCC(CO)C3O)nc12. The van der Waals surface area contributed by atoms with Gasteiger partial charge in [0, 0.05) is 18.7 Å². The van der Waals surface area contributed by atoms with Crippen LogP contribution in [0.1, 0.15) is 49.6 Å². The summed E-state index contributed by atoms with van der Waals surface area (Å²) < 4.78 is 6.57. The summed E-state index contributed by atoms with van der Waals surface area (Å²) in [4.78, 5) is 18.7. The van der Waals surface area contributed by atoms with Gasteiger partial charge in [-0.15, -0.1) is 11.3 Å². The molecule has 5 N–H and O–H groups in total. The number of aromatic nitrogens is 4. The molecule has 0 amide bonds. The van der Waals surface area contributed by atoms with Gasteiger partial charge in [-0.05, 0) is 52.2 Å². The van der Waals surface area contributed by atoms with Crippen LogP contribution in [0.25, 0.3) is 20.8 Å². The average Bonchev–Trinajstić information content (AvgIpc) is 3.45. The Hall–Kier alpha value is -3.38. The zero-order valence-corrected chi connectivity index (χ0v) is 23.3. The van der Waals surface area contributed by atoms with Crippen molar-refractivity contribution in [1.82, 2.24) is 19.9 Å². The first-order valence-electron chi connectivity index (χ1n) is 13.1. The number of hydrogen-bond donors (Lipinski definition) is 5. The number of rotatable bonds is 9. The van der Waals surface area contributed by atoms with Crippen LogP contribution in [0.4, 0.5) is 11.8 Å². The Morgan fingerprint density at radius 1 is 1.15 bits per heavy atom. The number of benzene rings is 1. The van der Waals surface area contributed by atoms with Crippen LogP contribution in [-0.2, 0) is 0 Å². The predicted molar refractivity (Wildman–Crippen MR) is 152 cm³/mol. The van der Waals surface area contributed by atoms with Crippen LogP contribution in [0.15, 0.2) is 36.5 Å². The Morgan fingerprint density at radius 3 is 2.62 bits per heavy atom. The third-order valence-corrected chi connectivity index (χ3v) is 8.22. The Balaban J connectivity index is 1.57. The van der Waals surface area contributed by atoms with Gasteiger partial charge >= 0.3 is 0 Å². The Labute approximate surface area is 231 Å². The first-order valence-corrected chi connectivity index (χ1v) is 13.9. The minimum Gasteiger partial charge on any atom is -0.476 e. The highest BCUT2D eigenvalue weighted by molar-refractivity contribution is 7.21. The Kier molecular flexibility index (Phi) is 7.68. The summed E-state index contributed by atoms with van der Waals surface area (Å²) in [6.45, 7) is 8.08. The highest BCUT2D eigenvalue weighted by Gasteiger charge is 2.47. The van der Waals surface area contributed by atoms with Gasteiger partial charge in [0.1, 0.15) is 22.4 Å². The quantitative estimate of drug-likeness (QED) is 0.192. The number of ether oxygens (including phenoxy) is 1. The van der Waals surface area contributed by atoms with Crippen molar-refractivity contribution in [3.63, 3.8) is 0 Å². The third kappa shape index (κ3) is 5.40. The largest absolute Gasteiger partial charge is 0.476 e. The van der Waals surface area contributed by atoms with E-state index in [1.165, 1.54) is 16.9 Å². The van der Waals surface area contributed by atoms with E-state index in [-0.39, 0.29) is 19.1 Å². The van der Waals surface area contributed by atoms with Gasteiger partial charge in [-0.3, -0.25) is 0 Å². The molecule has 1 fully saturated rings. The highest BCUT2D eigenvalue weighted by atomic mass is 32.1. The second kappa shape index (κ2) is 11.0. The molecule has 39 heavy (non-hydrogen) atoms. The summed E-state index contributed by atoms with van der Waals surface area (Å²) in [7, 11) is 0. The second-order valence-corrected chi connectivity index (χ2v) is 11.1. The van der Waals surface area contributed by atoms with Crippen molar-refractivity contribution in [3.8, 4) is 16.5 Å². The molecule has 0 saturated heterocycles. The fraction of sp³-hybridized carbons (Fsp3) is 0.429. The fourth-order valence-corrected chi connectivity index (χ4v) is 5.98. The molecule has 10 nitrogen and oxygen atoms in total. The van der Waals surface area contributed by atoms with E-state index >= 15 is 0 Å². The zero-order valence-electron chi connectivity index (χ0n) is 22.5. The van der Waals surface area contributed by atoms with Gasteiger partial charge in [-0.2, -0.15) is 4.98 Å². The minimum absolute atomic E-state index is 0.0788. The van der Waals surface area contributed by atoms with Crippen molar-refractivity contribution in [1.29, 1.82) is 0 Å². The second-order valence-electron chi connectivity index (χ2n) is 10.0. The molecule has 0 spiro atoms. The maximum Gasteiger partial charge on any atom is 0.241 e. The molecule has 4 atom stereocenters. The molecule has 1 aliphatic rings. The summed E-state index contributed by atoms with van der Waals surface area (Å²) in [5.41, 5.74) is 2.48. The topological polar surface area (TPSA) is 146 Å². The Bertz CT molecular complexity index is 1460. The maximum absolute atomic E-state index is 11.4. The third-order valence-electron chi connectivity index (χ3n) is 7.18. The number of fused-ring (bicyclic) bond motifs is 1. The molecule has 0 bridgehead atoms. The number of pyridine rings is 1. The van der Waals surface area contributed by atoms with E-state index in [0.717, 1.165) is 10.3 Å². The van der Waals surface area contributed by atoms with Crippen molar-refractivity contribution in [2.24, 2.45) is 5.92 Å². The van der Waals surface area contributed by atoms with Crippen LogP contribution in [0.3, 0.4) is 0 Å². The molecule has 0 radical (unpaired) electrons. The van der Waals surface area contributed by atoms with Crippen LogP contribution >= 0.6 is 11.3 Å². The van der Waals surface area contributed by atoms with E-state index in [4.69, 9.17) is 19.7 Å². The van der Waals surface area contributed by atoms with Crippen molar-refractivity contribution in [2.45, 2.75) is 58.4 Å². The lowest BCUT2D eigenvalue weighted by Crippen LogP contribution is -2.48. The minimum atomic E-state index is -1.67. The summed E-state index contributed by atoms with van der Waals surface area (Å²) in [5.74, 6) is 0.729. The number of nitrogens with zero attached hydrogens (tertiary/aromatic N) is 4. The van der Waals surface area contributed by atoms with Crippen LogP contribution in [0, 0.1) is 19.8 Å². The molecule has 4 aromatic rings. The lowest BCUT2D eigenvalue weighted by atomic mass is 10.0. The van der Waals surface area contributed by atoms with Gasteiger partial charge in [-0.1, -0.05) is 29.8 Å². The molecular weight excluding hydrogens is 516 g/mol. The monoisotopic (exact) mass is 550 g/mol. The van der Waals surface area contributed by atoms with E-state index in [0.29, 0.717) is 52.5 Å². The molecular formula is C28H34N6O4S. The molecule has 11 heteroatoms. The number of nitrogens with one attached hydrogen (secondary N) is 2. The van der Waals surface area contributed by atoms with E-state index in [2.05, 4.69) is 39.9 Å². The number of anilines is 2. The zero-order chi connectivity index (χ0) is 27.7. The van der Waals surface area contributed by atoms with Gasteiger partial charge in [0.2, 0.25) is 11.8 Å². The molecule has 206 valence electrons. The molecule has 5 rings (SSSR count). The first kappa shape index (κ1) is 27.2. The summed E-state index contributed by atoms with van der Waals surface area (Å²) in [6.07, 6.45) is 1.24. The van der Waals surface area contributed by atoms with E-state index in [1.54, 1.807) is 6.20 Å². The fourth-order valence-electron chi connectivity index (χ4n) is 4.93. The van der Waals surface area contributed by atoms with Gasteiger partial charge < -0.3 is 30.7 Å². The molecule has 4 unspecified atom stereocenters.